The minimum Gasteiger partial charge on any atom is -0.463 e. The molecule has 4 atom stereocenters. The molecular weight excluding hydrogens is 426 g/mol. The summed E-state index contributed by atoms with van der Waals surface area (Å²) in [5, 5.41) is 2.04. The van der Waals surface area contributed by atoms with E-state index in [0.717, 1.165) is 34.6 Å². The van der Waals surface area contributed by atoms with Gasteiger partial charge in [-0.3, -0.25) is 24.0 Å². The Kier molecular flexibility index (Phi) is 9.02. The Hall–Kier alpha value is -2.89. The maximum Gasteiger partial charge on any atom is 0.327 e. The lowest BCUT2D eigenvalue weighted by Gasteiger charge is -2.49. The molecule has 0 spiro atoms. The van der Waals surface area contributed by atoms with Crippen LogP contribution in [0.15, 0.2) is 4.99 Å². The van der Waals surface area contributed by atoms with Crippen LogP contribution in [0, 0.1) is 0 Å². The molecule has 30 heavy (non-hydrogen) atoms. The van der Waals surface area contributed by atoms with Crippen LogP contribution in [0.5, 0.6) is 0 Å². The Bertz CT molecular complexity index is 745. The Morgan fingerprint density at radius 1 is 0.900 bits per heavy atom. The summed E-state index contributed by atoms with van der Waals surface area (Å²) >= 11 is 4.57. The minimum absolute atomic E-state index is 0.607. The molecule has 0 aliphatic carbocycles. The van der Waals surface area contributed by atoms with E-state index in [9.17, 15) is 24.0 Å². The lowest BCUT2D eigenvalue weighted by Crippen LogP contribution is -2.71. The first-order valence-electron chi connectivity index (χ1n) is 8.52. The van der Waals surface area contributed by atoms with Gasteiger partial charge in [0.05, 0.1) is 5.16 Å². The molecule has 1 saturated heterocycles. The number of rotatable bonds is 7. The first-order valence-corrected chi connectivity index (χ1v) is 8.93. The summed E-state index contributed by atoms with van der Waals surface area (Å²) in [6.45, 7) is 4.53. The number of hydrogen-bond donors (Lipinski definition) is 0. The fourth-order valence-electron chi connectivity index (χ4n) is 2.76. The van der Waals surface area contributed by atoms with Gasteiger partial charge in [-0.25, -0.2) is 0 Å². The van der Waals surface area contributed by atoms with E-state index in [4.69, 9.17) is 28.4 Å². The van der Waals surface area contributed by atoms with Gasteiger partial charge in [-0.05, 0) is 12.2 Å². The van der Waals surface area contributed by atoms with Crippen molar-refractivity contribution in [3.8, 4) is 0 Å². The number of ether oxygens (including phenoxy) is 6. The van der Waals surface area contributed by atoms with Crippen molar-refractivity contribution in [2.75, 3.05) is 6.61 Å². The monoisotopic (exact) mass is 447 g/mol. The van der Waals surface area contributed by atoms with Crippen LogP contribution in [0.1, 0.15) is 34.6 Å². The summed E-state index contributed by atoms with van der Waals surface area (Å²) in [5.41, 5.74) is 0. The summed E-state index contributed by atoms with van der Waals surface area (Å²) in [6, 6.07) is 0. The molecule has 1 aliphatic heterocycles. The Balaban J connectivity index is 3.71. The van der Waals surface area contributed by atoms with Crippen molar-refractivity contribution in [1.29, 1.82) is 0 Å². The smallest absolute Gasteiger partial charge is 0.327 e. The van der Waals surface area contributed by atoms with Crippen molar-refractivity contribution >= 4 is 47.2 Å². The van der Waals surface area contributed by atoms with Gasteiger partial charge >= 0.3 is 35.6 Å². The highest BCUT2D eigenvalue weighted by Crippen LogP contribution is 2.39. The highest BCUT2D eigenvalue weighted by atomic mass is 32.1. The number of aliphatic imine (C=N–C) groups is 1. The molecule has 13 heteroatoms. The topological polar surface area (TPSA) is 153 Å². The molecule has 0 aromatic heterocycles. The van der Waals surface area contributed by atoms with Crippen molar-refractivity contribution in [3.05, 3.63) is 0 Å². The van der Waals surface area contributed by atoms with Gasteiger partial charge in [-0.1, -0.05) is 0 Å². The molecular formula is C17H21NO11S. The number of isothiocyanates is 1. The van der Waals surface area contributed by atoms with Crippen molar-refractivity contribution in [3.63, 3.8) is 0 Å². The van der Waals surface area contributed by atoms with Crippen molar-refractivity contribution in [2.45, 2.75) is 64.9 Å². The maximum atomic E-state index is 11.9. The van der Waals surface area contributed by atoms with Crippen LogP contribution >= 0.6 is 12.2 Å². The Morgan fingerprint density at radius 2 is 1.43 bits per heavy atom. The molecule has 0 saturated carbocycles. The molecule has 1 heterocycles. The number of hydrogen-bond acceptors (Lipinski definition) is 13. The number of thiocarbonyl (C=S) groups is 1. The molecule has 0 N–H and O–H groups in total. The molecule has 1 fully saturated rings. The SMILES string of the molecule is CC(=O)OC[C@H]1O[C@@H](N=C=S)[C@H](OC(C)=O)[C@@H](OC(C)=O)C1(OC(C)=O)OC(C)=O. The second-order valence-electron chi connectivity index (χ2n) is 6.05. The highest BCUT2D eigenvalue weighted by Gasteiger charge is 2.65. The van der Waals surface area contributed by atoms with E-state index in [2.05, 4.69) is 17.2 Å². The fraction of sp³-hybridized carbons (Fsp3) is 0.647. The molecule has 0 radical (unpaired) electrons. The van der Waals surface area contributed by atoms with Gasteiger partial charge in [0.15, 0.2) is 18.4 Å². The first kappa shape index (κ1) is 25.1. The van der Waals surface area contributed by atoms with Gasteiger partial charge in [0.25, 0.3) is 0 Å². The van der Waals surface area contributed by atoms with Gasteiger partial charge in [0.1, 0.15) is 6.61 Å². The van der Waals surface area contributed by atoms with Crippen LogP contribution in [-0.4, -0.2) is 71.9 Å². The molecule has 0 aromatic carbocycles. The van der Waals surface area contributed by atoms with Gasteiger partial charge < -0.3 is 28.4 Å². The van der Waals surface area contributed by atoms with Gasteiger partial charge in [-0.2, -0.15) is 4.99 Å². The van der Waals surface area contributed by atoms with E-state index < -0.39 is 66.8 Å². The molecule has 1 aliphatic rings. The third-order valence-corrected chi connectivity index (χ3v) is 3.65. The van der Waals surface area contributed by atoms with Crippen LogP contribution in [0.4, 0.5) is 0 Å². The quantitative estimate of drug-likeness (QED) is 0.170. The number of nitrogens with zero attached hydrogens (tertiary/aromatic N) is 1. The summed E-state index contributed by atoms with van der Waals surface area (Å²) in [4.78, 5) is 62.2. The van der Waals surface area contributed by atoms with E-state index >= 15 is 0 Å². The normalized spacial score (nSPS) is 24.4. The highest BCUT2D eigenvalue weighted by molar-refractivity contribution is 7.78. The van der Waals surface area contributed by atoms with E-state index in [1.54, 1.807) is 0 Å². The van der Waals surface area contributed by atoms with E-state index in [1.165, 1.54) is 0 Å². The summed E-state index contributed by atoms with van der Waals surface area (Å²) < 4.78 is 31.4. The molecule has 12 nitrogen and oxygen atoms in total. The van der Waals surface area contributed by atoms with Crippen LogP contribution in [0.2, 0.25) is 0 Å². The average Bonchev–Trinajstić information content (AvgIpc) is 2.57. The second-order valence-corrected chi connectivity index (χ2v) is 6.23. The predicted molar refractivity (Wildman–Crippen MR) is 97.7 cm³/mol. The second kappa shape index (κ2) is 10.8. The lowest BCUT2D eigenvalue weighted by molar-refractivity contribution is -0.356. The standard InChI is InChI=1S/C17H21NO11S/c1-8(19)24-6-13-17(28-11(4)22,29-12(5)23)15(26-10(3)21)14(25-9(2)20)16(27-13)18-7-30/h13-16H,6H2,1-5H3/t13-,14-,15-,16-/m1/s1. The van der Waals surface area contributed by atoms with Gasteiger partial charge in [0.2, 0.25) is 6.10 Å². The van der Waals surface area contributed by atoms with E-state index in [-0.39, 0.29) is 0 Å². The third kappa shape index (κ3) is 6.58. The van der Waals surface area contributed by atoms with Gasteiger partial charge in [0, 0.05) is 34.6 Å². The van der Waals surface area contributed by atoms with Crippen molar-refractivity contribution in [1.82, 2.24) is 0 Å². The average molecular weight is 447 g/mol. The van der Waals surface area contributed by atoms with Gasteiger partial charge in [-0.15, -0.1) is 0 Å². The Morgan fingerprint density at radius 3 is 1.83 bits per heavy atom. The zero-order valence-electron chi connectivity index (χ0n) is 16.9. The zero-order valence-corrected chi connectivity index (χ0v) is 17.7. The third-order valence-electron chi connectivity index (χ3n) is 3.55. The van der Waals surface area contributed by atoms with E-state index in [1.807, 2.05) is 5.16 Å². The molecule has 0 bridgehead atoms. The summed E-state index contributed by atoms with van der Waals surface area (Å²) in [6.07, 6.45) is -6.27. The summed E-state index contributed by atoms with van der Waals surface area (Å²) in [7, 11) is 0. The van der Waals surface area contributed by atoms with Crippen molar-refractivity contribution < 1.29 is 52.4 Å². The number of esters is 5. The maximum absolute atomic E-state index is 11.9. The fourth-order valence-corrected chi connectivity index (χ4v) is 2.87. The number of carbonyl (C=O) groups is 5. The largest absolute Gasteiger partial charge is 0.463 e. The molecule has 0 unspecified atom stereocenters. The van der Waals surface area contributed by atoms with Crippen molar-refractivity contribution in [2.24, 2.45) is 4.99 Å². The zero-order chi connectivity index (χ0) is 23.1. The van der Waals surface area contributed by atoms with Crippen LogP contribution in [0.3, 0.4) is 0 Å². The molecule has 1 rings (SSSR count). The molecule has 0 amide bonds. The first-order chi connectivity index (χ1) is 13.9. The molecule has 0 aromatic rings. The van der Waals surface area contributed by atoms with E-state index in [0.29, 0.717) is 0 Å². The Labute approximate surface area is 176 Å². The van der Waals surface area contributed by atoms with Crippen LogP contribution in [-0.2, 0) is 52.4 Å². The minimum atomic E-state index is -2.48. The lowest BCUT2D eigenvalue weighted by atomic mass is 9.93. The summed E-state index contributed by atoms with van der Waals surface area (Å²) in [5.74, 6) is -6.90. The molecule has 166 valence electrons. The van der Waals surface area contributed by atoms with Crippen LogP contribution in [0.25, 0.3) is 0 Å². The van der Waals surface area contributed by atoms with Crippen LogP contribution < -0.4 is 0 Å². The number of carbonyl (C=O) groups excluding carboxylic acids is 5. The predicted octanol–water partition coefficient (Wildman–Crippen LogP) is 0.0631.